The number of nitrogens with one attached hydrogen (secondary N) is 2. The molecule has 1 aromatic rings. The molecule has 0 heterocycles. The van der Waals surface area contributed by atoms with E-state index < -0.39 is 23.2 Å². The molecule has 4 atom stereocenters. The molecule has 6 nitrogen and oxygen atoms in total. The van der Waals surface area contributed by atoms with Crippen molar-refractivity contribution >= 4 is 17.8 Å². The lowest BCUT2D eigenvalue weighted by atomic mass is 9.69. The lowest BCUT2D eigenvalue weighted by Crippen LogP contribution is -2.55. The number of carbonyl (C=O) groups excluding carboxylic acids is 3. The summed E-state index contributed by atoms with van der Waals surface area (Å²) in [4.78, 5) is 36.0. The predicted octanol–water partition coefficient (Wildman–Crippen LogP) is -0.0452. The summed E-state index contributed by atoms with van der Waals surface area (Å²) in [5.41, 5.74) is 4.33. The lowest BCUT2D eigenvalue weighted by Gasteiger charge is -2.38. The molecular weight excluding hydrogens is 308 g/mol. The second kappa shape index (κ2) is 6.11. The molecule has 2 N–H and O–H groups in total. The van der Waals surface area contributed by atoms with Crippen LogP contribution in [0, 0.1) is 23.2 Å². The van der Waals surface area contributed by atoms with E-state index in [-0.39, 0.29) is 24.2 Å². The van der Waals surface area contributed by atoms with Gasteiger partial charge in [-0.3, -0.25) is 20.4 Å². The summed E-state index contributed by atoms with van der Waals surface area (Å²) in [6.07, 6.45) is 4.49. The first-order valence-electron chi connectivity index (χ1n) is 7.95. The summed E-state index contributed by atoms with van der Waals surface area (Å²) in [5, 5.41) is 11.6. The van der Waals surface area contributed by atoms with Crippen molar-refractivity contribution in [3.63, 3.8) is 0 Å². The standard InChI is InChI=1S/C18H20N2O4/c1-18(17(23)24)13-8-7-12(10-13)15(18)16(22)20-19-14(21)9-11-5-3-2-4-6-11/h2-8,12-13,15H,9-10H2,1H3,(H,19,21)(H,20,22)(H,23,24)/p-1/t12-,13+,15+,18+/m0/s1. The third kappa shape index (κ3) is 2.68. The summed E-state index contributed by atoms with van der Waals surface area (Å²) in [7, 11) is 0. The summed E-state index contributed by atoms with van der Waals surface area (Å²) in [6, 6.07) is 9.14. The second-order valence-corrected chi connectivity index (χ2v) is 6.64. The normalized spacial score (nSPS) is 30.1. The van der Waals surface area contributed by atoms with Gasteiger partial charge in [0, 0.05) is 11.4 Å². The number of allylic oxidation sites excluding steroid dienone is 2. The maximum atomic E-state index is 12.5. The van der Waals surface area contributed by atoms with Crippen molar-refractivity contribution in [2.75, 3.05) is 0 Å². The van der Waals surface area contributed by atoms with Crippen LogP contribution in [0.3, 0.4) is 0 Å². The molecule has 2 bridgehead atoms. The summed E-state index contributed by atoms with van der Waals surface area (Å²) in [6.45, 7) is 1.55. The van der Waals surface area contributed by atoms with E-state index in [9.17, 15) is 19.5 Å². The minimum Gasteiger partial charge on any atom is -0.550 e. The Hall–Kier alpha value is -2.63. The van der Waals surface area contributed by atoms with Crippen LogP contribution < -0.4 is 16.0 Å². The third-order valence-electron chi connectivity index (χ3n) is 5.22. The van der Waals surface area contributed by atoms with Crippen LogP contribution in [0.25, 0.3) is 0 Å². The van der Waals surface area contributed by atoms with E-state index in [0.717, 1.165) is 5.56 Å². The molecule has 0 unspecified atom stereocenters. The maximum Gasteiger partial charge on any atom is 0.243 e. The van der Waals surface area contributed by atoms with Crippen LogP contribution in [-0.2, 0) is 20.8 Å². The SMILES string of the molecule is C[C@@]1(C(=O)[O-])[C@@H]2C=C[C@@H](C2)[C@@H]1C(=O)NNC(=O)Cc1ccccc1. The highest BCUT2D eigenvalue weighted by Crippen LogP contribution is 2.55. The lowest BCUT2D eigenvalue weighted by molar-refractivity contribution is -0.321. The van der Waals surface area contributed by atoms with Gasteiger partial charge in [0.1, 0.15) is 0 Å². The molecule has 0 saturated heterocycles. The van der Waals surface area contributed by atoms with Gasteiger partial charge in [0.2, 0.25) is 11.8 Å². The number of carboxylic acids is 1. The smallest absolute Gasteiger partial charge is 0.243 e. The number of amides is 2. The zero-order chi connectivity index (χ0) is 17.3. The van der Waals surface area contributed by atoms with Crippen LogP contribution in [0.5, 0.6) is 0 Å². The molecule has 1 aromatic carbocycles. The second-order valence-electron chi connectivity index (χ2n) is 6.64. The molecule has 6 heteroatoms. The fourth-order valence-corrected chi connectivity index (χ4v) is 3.87. The first-order chi connectivity index (χ1) is 11.4. The maximum absolute atomic E-state index is 12.5. The van der Waals surface area contributed by atoms with Crippen molar-refractivity contribution in [3.8, 4) is 0 Å². The van der Waals surface area contributed by atoms with E-state index in [1.807, 2.05) is 42.5 Å². The van der Waals surface area contributed by atoms with Gasteiger partial charge in [0.05, 0.1) is 12.3 Å². The van der Waals surface area contributed by atoms with Crippen molar-refractivity contribution in [2.24, 2.45) is 23.2 Å². The Morgan fingerprint density at radius 3 is 2.54 bits per heavy atom. The molecule has 0 aliphatic heterocycles. The van der Waals surface area contributed by atoms with Crippen LogP contribution in [0.15, 0.2) is 42.5 Å². The first-order valence-corrected chi connectivity index (χ1v) is 7.95. The number of hydrogen-bond donors (Lipinski definition) is 2. The van der Waals surface area contributed by atoms with Crippen molar-refractivity contribution in [1.29, 1.82) is 0 Å². The van der Waals surface area contributed by atoms with Crippen molar-refractivity contribution < 1.29 is 19.5 Å². The van der Waals surface area contributed by atoms with Gasteiger partial charge < -0.3 is 9.90 Å². The molecule has 2 aliphatic rings. The average molecular weight is 327 g/mol. The average Bonchev–Trinajstić information content (AvgIpc) is 3.13. The summed E-state index contributed by atoms with van der Waals surface area (Å²) < 4.78 is 0. The third-order valence-corrected chi connectivity index (χ3v) is 5.22. The number of hydrogen-bond acceptors (Lipinski definition) is 4. The van der Waals surface area contributed by atoms with E-state index in [1.165, 1.54) is 0 Å². The Kier molecular flexibility index (Phi) is 4.13. The number of carboxylic acid groups (broad SMARTS) is 1. The van der Waals surface area contributed by atoms with Gasteiger partial charge in [-0.05, 0) is 23.8 Å². The topological polar surface area (TPSA) is 98.3 Å². The van der Waals surface area contributed by atoms with Crippen LogP contribution in [0.2, 0.25) is 0 Å². The van der Waals surface area contributed by atoms with Gasteiger partial charge >= 0.3 is 0 Å². The molecule has 1 fully saturated rings. The number of benzene rings is 1. The van der Waals surface area contributed by atoms with Gasteiger partial charge in [-0.2, -0.15) is 0 Å². The highest BCUT2D eigenvalue weighted by molar-refractivity contribution is 5.90. The number of rotatable bonds is 4. The van der Waals surface area contributed by atoms with E-state index in [1.54, 1.807) is 6.92 Å². The monoisotopic (exact) mass is 327 g/mol. The quantitative estimate of drug-likeness (QED) is 0.598. The zero-order valence-electron chi connectivity index (χ0n) is 13.3. The largest absolute Gasteiger partial charge is 0.550 e. The highest BCUT2D eigenvalue weighted by atomic mass is 16.4. The summed E-state index contributed by atoms with van der Waals surface area (Å²) in [5.74, 6) is -3.15. The fourth-order valence-electron chi connectivity index (χ4n) is 3.87. The Balaban J connectivity index is 1.62. The molecular formula is C18H19N2O4-. The fraction of sp³-hybridized carbons (Fsp3) is 0.389. The number of carbonyl (C=O) groups is 3. The number of fused-ring (bicyclic) bond motifs is 2. The van der Waals surface area contributed by atoms with Crippen molar-refractivity contribution in [2.45, 2.75) is 19.8 Å². The molecule has 0 radical (unpaired) electrons. The first kappa shape index (κ1) is 16.2. The summed E-state index contributed by atoms with van der Waals surface area (Å²) >= 11 is 0. The molecule has 2 amide bonds. The molecule has 0 spiro atoms. The van der Waals surface area contributed by atoms with Crippen LogP contribution in [-0.4, -0.2) is 17.8 Å². The number of hydrazine groups is 1. The van der Waals surface area contributed by atoms with E-state index >= 15 is 0 Å². The van der Waals surface area contributed by atoms with Crippen molar-refractivity contribution in [1.82, 2.24) is 10.9 Å². The Morgan fingerprint density at radius 2 is 1.88 bits per heavy atom. The molecule has 1 saturated carbocycles. The van der Waals surface area contributed by atoms with E-state index in [2.05, 4.69) is 10.9 Å². The van der Waals surface area contributed by atoms with Gasteiger partial charge in [0.15, 0.2) is 0 Å². The molecule has 24 heavy (non-hydrogen) atoms. The van der Waals surface area contributed by atoms with Gasteiger partial charge in [-0.25, -0.2) is 0 Å². The molecule has 2 aliphatic carbocycles. The highest BCUT2D eigenvalue weighted by Gasteiger charge is 2.57. The van der Waals surface area contributed by atoms with Crippen LogP contribution in [0.4, 0.5) is 0 Å². The zero-order valence-corrected chi connectivity index (χ0v) is 13.3. The Bertz CT molecular complexity index is 700. The van der Waals surface area contributed by atoms with E-state index in [4.69, 9.17) is 0 Å². The molecule has 126 valence electrons. The van der Waals surface area contributed by atoms with Crippen LogP contribution >= 0.6 is 0 Å². The van der Waals surface area contributed by atoms with Gasteiger partial charge in [-0.15, -0.1) is 0 Å². The van der Waals surface area contributed by atoms with Gasteiger partial charge in [-0.1, -0.05) is 49.4 Å². The van der Waals surface area contributed by atoms with E-state index in [0.29, 0.717) is 6.42 Å². The predicted molar refractivity (Wildman–Crippen MR) is 83.8 cm³/mol. The van der Waals surface area contributed by atoms with Crippen LogP contribution in [0.1, 0.15) is 18.9 Å². The van der Waals surface area contributed by atoms with Gasteiger partial charge in [0.25, 0.3) is 0 Å². The number of aliphatic carboxylic acids is 1. The van der Waals surface area contributed by atoms with Crippen molar-refractivity contribution in [3.05, 3.63) is 48.0 Å². The Labute approximate surface area is 139 Å². The molecule has 0 aromatic heterocycles. The Morgan fingerprint density at radius 1 is 1.17 bits per heavy atom. The minimum absolute atomic E-state index is 0.134. The minimum atomic E-state index is -1.24. The molecule has 3 rings (SSSR count).